The van der Waals surface area contributed by atoms with Gasteiger partial charge in [-0.25, -0.2) is 0 Å². The van der Waals surface area contributed by atoms with Gasteiger partial charge in [-0.2, -0.15) is 0 Å². The molecule has 2 nitrogen and oxygen atoms in total. The van der Waals surface area contributed by atoms with Crippen LogP contribution in [-0.4, -0.2) is 12.3 Å². The Morgan fingerprint density at radius 3 is 3.17 bits per heavy atom. The SMILES string of the molecule is C#CCO/N=C1/CCC(CC)C1. The summed E-state index contributed by atoms with van der Waals surface area (Å²) < 4.78 is 0. The van der Waals surface area contributed by atoms with E-state index < -0.39 is 0 Å². The Morgan fingerprint density at radius 1 is 1.75 bits per heavy atom. The molecule has 0 bridgehead atoms. The highest BCUT2D eigenvalue weighted by atomic mass is 16.6. The van der Waals surface area contributed by atoms with E-state index in [1.807, 2.05) is 0 Å². The summed E-state index contributed by atoms with van der Waals surface area (Å²) in [5.41, 5.74) is 1.18. The number of oxime groups is 1. The van der Waals surface area contributed by atoms with E-state index in [1.165, 1.54) is 18.6 Å². The Labute approximate surface area is 74.0 Å². The lowest BCUT2D eigenvalue weighted by molar-refractivity contribution is 0.178. The Kier molecular flexibility index (Phi) is 3.66. The summed E-state index contributed by atoms with van der Waals surface area (Å²) in [7, 11) is 0. The van der Waals surface area contributed by atoms with E-state index in [4.69, 9.17) is 11.3 Å². The molecular weight excluding hydrogens is 150 g/mol. The molecule has 0 amide bonds. The quantitative estimate of drug-likeness (QED) is 0.357. The van der Waals surface area contributed by atoms with E-state index >= 15 is 0 Å². The molecule has 0 heterocycles. The fourth-order valence-electron chi connectivity index (χ4n) is 1.50. The highest BCUT2D eigenvalue weighted by molar-refractivity contribution is 5.85. The smallest absolute Gasteiger partial charge is 0.177 e. The van der Waals surface area contributed by atoms with Crippen LogP contribution in [0.4, 0.5) is 0 Å². The average molecular weight is 165 g/mol. The van der Waals surface area contributed by atoms with Crippen molar-refractivity contribution < 1.29 is 4.84 Å². The van der Waals surface area contributed by atoms with Gasteiger partial charge in [-0.15, -0.1) is 6.42 Å². The lowest BCUT2D eigenvalue weighted by Crippen LogP contribution is -1.95. The summed E-state index contributed by atoms with van der Waals surface area (Å²) in [5, 5.41) is 3.99. The highest BCUT2D eigenvalue weighted by Crippen LogP contribution is 2.25. The van der Waals surface area contributed by atoms with Crippen LogP contribution in [-0.2, 0) is 4.84 Å². The number of hydrogen-bond acceptors (Lipinski definition) is 2. The van der Waals surface area contributed by atoms with Gasteiger partial charge in [-0.3, -0.25) is 0 Å². The molecular formula is C10H15NO. The maximum absolute atomic E-state index is 5.02. The zero-order valence-corrected chi connectivity index (χ0v) is 7.55. The normalized spacial score (nSPS) is 25.7. The first-order valence-electron chi connectivity index (χ1n) is 4.48. The molecule has 2 heteroatoms. The van der Waals surface area contributed by atoms with Crippen LogP contribution in [0, 0.1) is 18.3 Å². The topological polar surface area (TPSA) is 21.6 Å². The van der Waals surface area contributed by atoms with Crippen molar-refractivity contribution >= 4 is 5.71 Å². The molecule has 1 aliphatic rings. The van der Waals surface area contributed by atoms with Crippen LogP contribution in [0.2, 0.25) is 0 Å². The van der Waals surface area contributed by atoms with Gasteiger partial charge in [0.1, 0.15) is 0 Å². The predicted molar refractivity (Wildman–Crippen MR) is 49.9 cm³/mol. The molecule has 1 aliphatic carbocycles. The van der Waals surface area contributed by atoms with Crippen molar-refractivity contribution in [3.8, 4) is 12.3 Å². The van der Waals surface area contributed by atoms with E-state index in [2.05, 4.69) is 18.0 Å². The van der Waals surface area contributed by atoms with Crippen LogP contribution in [0.3, 0.4) is 0 Å². The van der Waals surface area contributed by atoms with Gasteiger partial charge in [0.15, 0.2) is 6.61 Å². The Balaban J connectivity index is 2.26. The minimum Gasteiger partial charge on any atom is -0.383 e. The number of nitrogens with zero attached hydrogens (tertiary/aromatic N) is 1. The van der Waals surface area contributed by atoms with E-state index in [1.54, 1.807) is 0 Å². The third kappa shape index (κ3) is 2.58. The zero-order chi connectivity index (χ0) is 8.81. The van der Waals surface area contributed by atoms with Gasteiger partial charge in [0, 0.05) is 0 Å². The Hall–Kier alpha value is -0.970. The highest BCUT2D eigenvalue weighted by Gasteiger charge is 2.18. The molecule has 0 aliphatic heterocycles. The van der Waals surface area contributed by atoms with Gasteiger partial charge in [0.2, 0.25) is 0 Å². The van der Waals surface area contributed by atoms with Gasteiger partial charge < -0.3 is 4.84 Å². The van der Waals surface area contributed by atoms with Gasteiger partial charge in [-0.05, 0) is 25.2 Å². The van der Waals surface area contributed by atoms with Gasteiger partial charge >= 0.3 is 0 Å². The van der Waals surface area contributed by atoms with Crippen molar-refractivity contribution in [3.63, 3.8) is 0 Å². The third-order valence-corrected chi connectivity index (χ3v) is 2.28. The second kappa shape index (κ2) is 4.82. The van der Waals surface area contributed by atoms with Crippen LogP contribution < -0.4 is 0 Å². The summed E-state index contributed by atoms with van der Waals surface area (Å²) in [4.78, 5) is 4.91. The number of hydrogen-bond donors (Lipinski definition) is 0. The fraction of sp³-hybridized carbons (Fsp3) is 0.700. The molecule has 1 saturated carbocycles. The number of terminal acetylenes is 1. The zero-order valence-electron chi connectivity index (χ0n) is 7.55. The lowest BCUT2D eigenvalue weighted by Gasteiger charge is -2.00. The van der Waals surface area contributed by atoms with Crippen LogP contribution in [0.15, 0.2) is 5.16 Å². The van der Waals surface area contributed by atoms with Crippen LogP contribution >= 0.6 is 0 Å². The van der Waals surface area contributed by atoms with Crippen molar-refractivity contribution in [2.45, 2.75) is 32.6 Å². The second-order valence-corrected chi connectivity index (χ2v) is 3.15. The van der Waals surface area contributed by atoms with Crippen LogP contribution in [0.25, 0.3) is 0 Å². The third-order valence-electron chi connectivity index (χ3n) is 2.28. The Bertz CT molecular complexity index is 202. The van der Waals surface area contributed by atoms with Crippen molar-refractivity contribution in [3.05, 3.63) is 0 Å². The fourth-order valence-corrected chi connectivity index (χ4v) is 1.50. The van der Waals surface area contributed by atoms with Crippen molar-refractivity contribution in [1.82, 2.24) is 0 Å². The second-order valence-electron chi connectivity index (χ2n) is 3.15. The molecule has 12 heavy (non-hydrogen) atoms. The summed E-state index contributed by atoms with van der Waals surface area (Å²) in [6, 6.07) is 0. The predicted octanol–water partition coefficient (Wildman–Crippen LogP) is 2.20. The van der Waals surface area contributed by atoms with Gasteiger partial charge in [-0.1, -0.05) is 24.4 Å². The summed E-state index contributed by atoms with van der Waals surface area (Å²) in [5.74, 6) is 3.21. The molecule has 0 aromatic carbocycles. The monoisotopic (exact) mass is 165 g/mol. The van der Waals surface area contributed by atoms with Crippen molar-refractivity contribution in [2.75, 3.05) is 6.61 Å². The molecule has 0 aromatic rings. The van der Waals surface area contributed by atoms with E-state index in [0.717, 1.165) is 18.8 Å². The molecule has 0 saturated heterocycles. The molecule has 0 N–H and O–H groups in total. The first kappa shape index (κ1) is 9.12. The van der Waals surface area contributed by atoms with Crippen molar-refractivity contribution in [1.29, 1.82) is 0 Å². The van der Waals surface area contributed by atoms with E-state index in [0.29, 0.717) is 6.61 Å². The largest absolute Gasteiger partial charge is 0.383 e. The van der Waals surface area contributed by atoms with Gasteiger partial charge in [0.05, 0.1) is 5.71 Å². The summed E-state index contributed by atoms with van der Waals surface area (Å²) >= 11 is 0. The average Bonchev–Trinajstić information content (AvgIpc) is 2.53. The van der Waals surface area contributed by atoms with E-state index in [9.17, 15) is 0 Å². The Morgan fingerprint density at radius 2 is 2.58 bits per heavy atom. The molecule has 1 fully saturated rings. The molecule has 0 radical (unpaired) electrons. The maximum atomic E-state index is 5.02. The van der Waals surface area contributed by atoms with Crippen molar-refractivity contribution in [2.24, 2.45) is 11.1 Å². The first-order valence-corrected chi connectivity index (χ1v) is 4.48. The standard InChI is InChI=1S/C10H15NO/c1-3-7-12-11-10-6-5-9(4-2)8-10/h1,9H,4-8H2,2H3/b11-10-. The van der Waals surface area contributed by atoms with Crippen LogP contribution in [0.5, 0.6) is 0 Å². The molecule has 1 atom stereocenters. The molecule has 66 valence electrons. The minimum atomic E-state index is 0.292. The first-order chi connectivity index (χ1) is 5.86. The molecule has 1 rings (SSSR count). The minimum absolute atomic E-state index is 0.292. The lowest BCUT2D eigenvalue weighted by atomic mass is 10.1. The summed E-state index contributed by atoms with van der Waals surface area (Å²) in [6.45, 7) is 2.51. The summed E-state index contributed by atoms with van der Waals surface area (Å²) in [6.07, 6.45) is 9.71. The van der Waals surface area contributed by atoms with E-state index in [-0.39, 0.29) is 0 Å². The van der Waals surface area contributed by atoms with Crippen LogP contribution in [0.1, 0.15) is 32.6 Å². The maximum Gasteiger partial charge on any atom is 0.177 e. The van der Waals surface area contributed by atoms with Gasteiger partial charge in [0.25, 0.3) is 0 Å². The number of rotatable bonds is 3. The molecule has 1 unspecified atom stereocenters. The molecule has 0 aromatic heterocycles. The molecule has 0 spiro atoms.